The Bertz CT molecular complexity index is 445. The molecule has 0 amide bonds. The third kappa shape index (κ3) is 1.57. The van der Waals surface area contributed by atoms with Gasteiger partial charge in [-0.05, 0) is 12.2 Å². The Hall–Kier alpha value is -1.17. The Balaban J connectivity index is 2.51. The smallest absolute Gasteiger partial charge is 0.331 e. The predicted octanol–water partition coefficient (Wildman–Crippen LogP) is -0.0798. The third-order valence-electron chi connectivity index (χ3n) is 2.23. The zero-order valence-electron chi connectivity index (χ0n) is 7.40. The Labute approximate surface area is 83.8 Å². The number of aromatic nitrogens is 2. The molecule has 1 saturated heterocycles. The second-order valence-electron chi connectivity index (χ2n) is 3.18. The van der Waals surface area contributed by atoms with Gasteiger partial charge in [-0.25, -0.2) is 4.79 Å². The topological polar surface area (TPSA) is 75.1 Å². The Morgan fingerprint density at radius 1 is 1.57 bits per heavy atom. The van der Waals surface area contributed by atoms with Crippen LogP contribution in [0.25, 0.3) is 0 Å². The summed E-state index contributed by atoms with van der Waals surface area (Å²) >= 11 is 1.74. The fourth-order valence-electron chi connectivity index (χ4n) is 1.57. The van der Waals surface area contributed by atoms with E-state index < -0.39 is 11.2 Å². The molecule has 0 spiro atoms. The lowest BCUT2D eigenvalue weighted by Gasteiger charge is -2.12. The fraction of sp³-hybridized carbons (Fsp3) is 0.500. The lowest BCUT2D eigenvalue weighted by Crippen LogP contribution is -2.31. The Morgan fingerprint density at radius 2 is 2.36 bits per heavy atom. The van der Waals surface area contributed by atoms with Gasteiger partial charge in [-0.3, -0.25) is 14.3 Å². The molecule has 1 aromatic heterocycles. The lowest BCUT2D eigenvalue weighted by atomic mass is 10.2. The molecule has 1 atom stereocenters. The van der Waals surface area contributed by atoms with Crippen LogP contribution in [0.5, 0.6) is 5.88 Å². The molecule has 0 saturated carbocycles. The van der Waals surface area contributed by atoms with Crippen molar-refractivity contribution < 1.29 is 5.11 Å². The van der Waals surface area contributed by atoms with Gasteiger partial charge in [0.1, 0.15) is 0 Å². The average molecular weight is 214 g/mol. The number of hydrogen-bond donors (Lipinski definition) is 2. The Morgan fingerprint density at radius 3 is 2.93 bits per heavy atom. The maximum absolute atomic E-state index is 11.4. The first-order chi connectivity index (χ1) is 6.68. The highest BCUT2D eigenvalue weighted by atomic mass is 32.2. The summed E-state index contributed by atoms with van der Waals surface area (Å²) in [5.74, 6) is 1.54. The minimum Gasteiger partial charge on any atom is -0.494 e. The summed E-state index contributed by atoms with van der Waals surface area (Å²) in [7, 11) is 0. The molecule has 1 aliphatic heterocycles. The molecule has 14 heavy (non-hydrogen) atoms. The minimum absolute atomic E-state index is 0.00403. The van der Waals surface area contributed by atoms with Gasteiger partial charge in [0.15, 0.2) is 0 Å². The van der Waals surface area contributed by atoms with E-state index >= 15 is 0 Å². The van der Waals surface area contributed by atoms with Crippen LogP contribution in [-0.2, 0) is 0 Å². The van der Waals surface area contributed by atoms with Crippen LogP contribution in [0, 0.1) is 0 Å². The summed E-state index contributed by atoms with van der Waals surface area (Å²) in [6.07, 6.45) is 0.851. The quantitative estimate of drug-likeness (QED) is 0.685. The number of H-pyrrole nitrogens is 1. The van der Waals surface area contributed by atoms with Crippen molar-refractivity contribution in [2.45, 2.75) is 12.5 Å². The summed E-state index contributed by atoms with van der Waals surface area (Å²) in [6, 6.07) is 1.04. The van der Waals surface area contributed by atoms with E-state index in [0.717, 1.165) is 24.0 Å². The highest BCUT2D eigenvalue weighted by Crippen LogP contribution is 2.28. The molecule has 1 aliphatic rings. The first-order valence-corrected chi connectivity index (χ1v) is 5.46. The molecule has 76 valence electrons. The maximum Gasteiger partial charge on any atom is 0.331 e. The summed E-state index contributed by atoms with van der Waals surface area (Å²) in [5.41, 5.74) is -1.09. The van der Waals surface area contributed by atoms with Crippen molar-refractivity contribution in [1.82, 2.24) is 9.55 Å². The van der Waals surface area contributed by atoms with Crippen molar-refractivity contribution in [3.63, 3.8) is 0 Å². The number of hydrogen-bond acceptors (Lipinski definition) is 4. The zero-order chi connectivity index (χ0) is 10.1. The van der Waals surface area contributed by atoms with Gasteiger partial charge >= 0.3 is 5.69 Å². The van der Waals surface area contributed by atoms with Crippen molar-refractivity contribution >= 4 is 11.8 Å². The van der Waals surface area contributed by atoms with Crippen LogP contribution < -0.4 is 11.2 Å². The van der Waals surface area contributed by atoms with Crippen LogP contribution >= 0.6 is 11.8 Å². The summed E-state index contributed by atoms with van der Waals surface area (Å²) in [4.78, 5) is 24.4. The molecule has 2 N–H and O–H groups in total. The number of aromatic hydroxyl groups is 1. The van der Waals surface area contributed by atoms with Gasteiger partial charge in [-0.2, -0.15) is 11.8 Å². The number of nitrogens with one attached hydrogen (secondary N) is 1. The molecule has 2 heterocycles. The van der Waals surface area contributed by atoms with Gasteiger partial charge in [0.25, 0.3) is 5.56 Å². The first kappa shape index (κ1) is 9.39. The normalized spacial score (nSPS) is 21.3. The molecule has 0 aliphatic carbocycles. The molecule has 6 heteroatoms. The van der Waals surface area contributed by atoms with Crippen LogP contribution in [-0.4, -0.2) is 26.2 Å². The molecule has 2 rings (SSSR count). The summed E-state index contributed by atoms with van der Waals surface area (Å²) in [5, 5.41) is 9.47. The van der Waals surface area contributed by atoms with Gasteiger partial charge in [0.05, 0.1) is 12.1 Å². The number of nitrogens with zero attached hydrogens (tertiary/aromatic N) is 1. The molecule has 0 radical (unpaired) electrons. The van der Waals surface area contributed by atoms with E-state index in [-0.39, 0.29) is 11.9 Å². The standard InChI is InChI=1S/C8H10N2O3S/c11-6-3-7(12)10(8(13)9-6)5-1-2-14-4-5/h3,5,12H,1-2,4H2,(H,9,11,13). The SMILES string of the molecule is O=c1cc(O)n(C2CCSC2)c(=O)[nH]1. The molecule has 0 bridgehead atoms. The van der Waals surface area contributed by atoms with Crippen molar-refractivity contribution in [3.05, 3.63) is 26.9 Å². The minimum atomic E-state index is -0.561. The van der Waals surface area contributed by atoms with E-state index in [2.05, 4.69) is 4.98 Å². The van der Waals surface area contributed by atoms with E-state index in [1.54, 1.807) is 11.8 Å². The molecule has 1 unspecified atom stereocenters. The van der Waals surface area contributed by atoms with Crippen LogP contribution in [0.1, 0.15) is 12.5 Å². The van der Waals surface area contributed by atoms with Crippen LogP contribution in [0.2, 0.25) is 0 Å². The van der Waals surface area contributed by atoms with E-state index in [0.29, 0.717) is 0 Å². The van der Waals surface area contributed by atoms with Crippen LogP contribution in [0.15, 0.2) is 15.7 Å². The van der Waals surface area contributed by atoms with E-state index in [1.807, 2.05) is 0 Å². The molecule has 1 aromatic rings. The predicted molar refractivity (Wildman–Crippen MR) is 54.0 cm³/mol. The van der Waals surface area contributed by atoms with Crippen molar-refractivity contribution in [3.8, 4) is 5.88 Å². The number of aromatic amines is 1. The number of thioether (sulfide) groups is 1. The monoisotopic (exact) mass is 214 g/mol. The van der Waals surface area contributed by atoms with E-state index in [9.17, 15) is 14.7 Å². The lowest BCUT2D eigenvalue weighted by molar-refractivity contribution is 0.374. The van der Waals surface area contributed by atoms with Gasteiger partial charge in [-0.15, -0.1) is 0 Å². The number of rotatable bonds is 1. The van der Waals surface area contributed by atoms with Gasteiger partial charge in [-0.1, -0.05) is 0 Å². The van der Waals surface area contributed by atoms with Gasteiger partial charge in [0.2, 0.25) is 5.88 Å². The van der Waals surface area contributed by atoms with Crippen LogP contribution in [0.3, 0.4) is 0 Å². The average Bonchev–Trinajstić information content (AvgIpc) is 2.54. The van der Waals surface area contributed by atoms with Gasteiger partial charge in [0, 0.05) is 5.75 Å². The molecule has 1 fully saturated rings. The Kier molecular flexibility index (Phi) is 2.37. The summed E-state index contributed by atoms with van der Waals surface area (Å²) in [6.45, 7) is 0. The van der Waals surface area contributed by atoms with Crippen molar-refractivity contribution in [2.24, 2.45) is 0 Å². The molecule has 0 aromatic carbocycles. The third-order valence-corrected chi connectivity index (χ3v) is 3.37. The van der Waals surface area contributed by atoms with Crippen LogP contribution in [0.4, 0.5) is 0 Å². The second kappa shape index (κ2) is 3.53. The van der Waals surface area contributed by atoms with Crippen molar-refractivity contribution in [2.75, 3.05) is 11.5 Å². The maximum atomic E-state index is 11.4. The first-order valence-electron chi connectivity index (χ1n) is 4.31. The highest BCUT2D eigenvalue weighted by molar-refractivity contribution is 7.99. The zero-order valence-corrected chi connectivity index (χ0v) is 8.21. The fourth-order valence-corrected chi connectivity index (χ4v) is 2.76. The molecular weight excluding hydrogens is 204 g/mol. The van der Waals surface area contributed by atoms with Gasteiger partial charge < -0.3 is 5.11 Å². The highest BCUT2D eigenvalue weighted by Gasteiger charge is 2.21. The second-order valence-corrected chi connectivity index (χ2v) is 4.33. The van der Waals surface area contributed by atoms with E-state index in [1.165, 1.54) is 4.57 Å². The van der Waals surface area contributed by atoms with Crippen molar-refractivity contribution in [1.29, 1.82) is 0 Å². The molecule has 5 nitrogen and oxygen atoms in total. The molecular formula is C8H10N2O3S. The largest absolute Gasteiger partial charge is 0.494 e. The summed E-state index contributed by atoms with van der Waals surface area (Å²) < 4.78 is 1.25. The van der Waals surface area contributed by atoms with E-state index in [4.69, 9.17) is 0 Å².